The molecule has 2 amide bonds. The van der Waals surface area contributed by atoms with Crippen molar-refractivity contribution in [2.45, 2.75) is 46.1 Å². The van der Waals surface area contributed by atoms with Crippen LogP contribution >= 0.6 is 0 Å². The van der Waals surface area contributed by atoms with E-state index >= 15 is 0 Å². The molecule has 2 fully saturated rings. The zero-order valence-corrected chi connectivity index (χ0v) is 18.0. The van der Waals surface area contributed by atoms with Crippen LogP contribution < -0.4 is 0 Å². The van der Waals surface area contributed by atoms with Gasteiger partial charge in [-0.25, -0.2) is 0 Å². The van der Waals surface area contributed by atoms with Crippen LogP contribution in [0.1, 0.15) is 49.9 Å². The number of hydrogen-bond donors (Lipinski definition) is 0. The van der Waals surface area contributed by atoms with Crippen molar-refractivity contribution in [2.75, 3.05) is 26.2 Å². The van der Waals surface area contributed by atoms with E-state index in [1.165, 1.54) is 6.42 Å². The summed E-state index contributed by atoms with van der Waals surface area (Å²) in [7, 11) is 0. The average molecular weight is 410 g/mol. The highest BCUT2D eigenvalue weighted by Crippen LogP contribution is 2.25. The molecule has 1 aromatic carbocycles. The van der Waals surface area contributed by atoms with E-state index in [1.54, 1.807) is 11.1 Å². The molecule has 0 saturated carbocycles. The molecule has 0 spiro atoms. The van der Waals surface area contributed by atoms with Crippen molar-refractivity contribution < 1.29 is 14.4 Å². The predicted molar refractivity (Wildman–Crippen MR) is 116 cm³/mol. The first kappa shape index (κ1) is 20.6. The van der Waals surface area contributed by atoms with Gasteiger partial charge in [0.15, 0.2) is 0 Å². The fraction of sp³-hybridized carbons (Fsp3) is 0.542. The van der Waals surface area contributed by atoms with Gasteiger partial charge in [0, 0.05) is 43.3 Å². The zero-order valence-electron chi connectivity index (χ0n) is 18.0. The smallest absolute Gasteiger partial charge is 0.295 e. The summed E-state index contributed by atoms with van der Waals surface area (Å²) in [5, 5.41) is 0.736. The Morgan fingerprint density at radius 2 is 1.60 bits per heavy atom. The summed E-state index contributed by atoms with van der Waals surface area (Å²) in [6, 6.07) is 7.53. The summed E-state index contributed by atoms with van der Waals surface area (Å²) in [6.07, 6.45) is 6.04. The highest BCUT2D eigenvalue weighted by Gasteiger charge is 2.31. The Bertz CT molecular complexity index is 948. The number of ketones is 1. The first-order chi connectivity index (χ1) is 14.4. The molecular weight excluding hydrogens is 378 g/mol. The second-order valence-corrected chi connectivity index (χ2v) is 9.11. The lowest BCUT2D eigenvalue weighted by atomic mass is 9.91. The first-order valence-electron chi connectivity index (χ1n) is 11.1. The Hall–Kier alpha value is -2.63. The van der Waals surface area contributed by atoms with E-state index in [9.17, 15) is 14.4 Å². The summed E-state index contributed by atoms with van der Waals surface area (Å²) >= 11 is 0. The van der Waals surface area contributed by atoms with E-state index in [1.807, 2.05) is 33.7 Å². The quantitative estimate of drug-likeness (QED) is 0.575. The van der Waals surface area contributed by atoms with Gasteiger partial charge in [0.2, 0.25) is 5.91 Å². The fourth-order valence-corrected chi connectivity index (χ4v) is 5.04. The van der Waals surface area contributed by atoms with Crippen molar-refractivity contribution in [3.63, 3.8) is 0 Å². The minimum absolute atomic E-state index is 0.0689. The van der Waals surface area contributed by atoms with Gasteiger partial charge in [0.05, 0.1) is 5.56 Å². The molecule has 3 heterocycles. The lowest BCUT2D eigenvalue weighted by molar-refractivity contribution is -0.132. The third-order valence-electron chi connectivity index (χ3n) is 6.40. The van der Waals surface area contributed by atoms with Gasteiger partial charge in [-0.05, 0) is 43.6 Å². The standard InChI is InChI=1S/C24H31N3O3/c1-17-12-18(2)14-27(13-17)24(30)23(29)20-15-26(21-9-5-4-8-19(20)21)16-22(28)25-10-6-3-7-11-25/h4-5,8-9,15,17-18H,3,6-7,10-14,16H2,1-2H3. The van der Waals surface area contributed by atoms with Gasteiger partial charge < -0.3 is 14.4 Å². The molecule has 1 aromatic heterocycles. The minimum Gasteiger partial charge on any atom is -0.341 e. The second-order valence-electron chi connectivity index (χ2n) is 9.11. The van der Waals surface area contributed by atoms with Crippen LogP contribution in [0.4, 0.5) is 0 Å². The molecule has 2 aromatic rings. The number of amides is 2. The van der Waals surface area contributed by atoms with Gasteiger partial charge >= 0.3 is 0 Å². The van der Waals surface area contributed by atoms with Crippen LogP contribution in [0, 0.1) is 11.8 Å². The Labute approximate surface area is 177 Å². The topological polar surface area (TPSA) is 62.6 Å². The Morgan fingerprint density at radius 1 is 0.933 bits per heavy atom. The summed E-state index contributed by atoms with van der Waals surface area (Å²) in [5.74, 6) is -0.0437. The Morgan fingerprint density at radius 3 is 2.30 bits per heavy atom. The van der Waals surface area contributed by atoms with Crippen LogP contribution in [-0.4, -0.2) is 58.1 Å². The van der Waals surface area contributed by atoms with Gasteiger partial charge in [-0.3, -0.25) is 14.4 Å². The predicted octanol–water partition coefficient (Wildman–Crippen LogP) is 3.34. The molecule has 2 aliphatic rings. The molecule has 2 aliphatic heterocycles. The normalized spacial score (nSPS) is 22.3. The number of rotatable bonds is 4. The molecule has 6 heteroatoms. The minimum atomic E-state index is -0.475. The van der Waals surface area contributed by atoms with Crippen LogP contribution in [0.2, 0.25) is 0 Å². The lowest BCUT2D eigenvalue weighted by Gasteiger charge is -2.34. The fourth-order valence-electron chi connectivity index (χ4n) is 5.04. The molecule has 2 saturated heterocycles. The Balaban J connectivity index is 1.59. The number of likely N-dealkylation sites (tertiary alicyclic amines) is 2. The molecule has 4 rings (SSSR count). The highest BCUT2D eigenvalue weighted by molar-refractivity contribution is 6.44. The molecule has 0 bridgehead atoms. The Kier molecular flexibility index (Phi) is 5.93. The van der Waals surface area contributed by atoms with Crippen molar-refractivity contribution >= 4 is 28.5 Å². The first-order valence-corrected chi connectivity index (χ1v) is 11.1. The van der Waals surface area contributed by atoms with Crippen LogP contribution in [0.25, 0.3) is 10.9 Å². The molecular formula is C24H31N3O3. The molecule has 30 heavy (non-hydrogen) atoms. The maximum absolute atomic E-state index is 13.2. The van der Waals surface area contributed by atoms with E-state index < -0.39 is 11.7 Å². The van der Waals surface area contributed by atoms with Crippen molar-refractivity contribution in [1.82, 2.24) is 14.4 Å². The number of nitrogens with zero attached hydrogens (tertiary/aromatic N) is 3. The van der Waals surface area contributed by atoms with Gasteiger partial charge in [0.25, 0.3) is 11.7 Å². The van der Waals surface area contributed by atoms with Gasteiger partial charge in [0.1, 0.15) is 6.54 Å². The number of hydrogen-bond acceptors (Lipinski definition) is 3. The number of Topliss-reactive ketones (excluding diaryl/α,β-unsaturated/α-hetero) is 1. The van der Waals surface area contributed by atoms with E-state index in [0.29, 0.717) is 30.5 Å². The molecule has 0 aliphatic carbocycles. The molecule has 2 unspecified atom stereocenters. The van der Waals surface area contributed by atoms with Crippen molar-refractivity contribution in [3.8, 4) is 0 Å². The molecule has 0 radical (unpaired) electrons. The van der Waals surface area contributed by atoms with Crippen LogP contribution in [0.3, 0.4) is 0 Å². The second kappa shape index (κ2) is 8.62. The largest absolute Gasteiger partial charge is 0.341 e. The maximum Gasteiger partial charge on any atom is 0.295 e. The average Bonchev–Trinajstić information content (AvgIpc) is 3.11. The number of carbonyl (C=O) groups is 3. The number of piperidine rings is 2. The number of para-hydroxylation sites is 1. The van der Waals surface area contributed by atoms with Crippen molar-refractivity contribution in [2.24, 2.45) is 11.8 Å². The van der Waals surface area contributed by atoms with Crippen LogP contribution in [0.5, 0.6) is 0 Å². The summed E-state index contributed by atoms with van der Waals surface area (Å²) in [5.41, 5.74) is 1.22. The summed E-state index contributed by atoms with van der Waals surface area (Å²) in [6.45, 7) is 7.29. The third kappa shape index (κ3) is 4.13. The molecule has 2 atom stereocenters. The number of carbonyl (C=O) groups excluding carboxylic acids is 3. The molecule has 0 N–H and O–H groups in total. The highest BCUT2D eigenvalue weighted by atomic mass is 16.2. The monoisotopic (exact) mass is 409 g/mol. The van der Waals surface area contributed by atoms with Crippen molar-refractivity contribution in [3.05, 3.63) is 36.0 Å². The summed E-state index contributed by atoms with van der Waals surface area (Å²) in [4.78, 5) is 42.6. The summed E-state index contributed by atoms with van der Waals surface area (Å²) < 4.78 is 1.83. The number of aromatic nitrogens is 1. The zero-order chi connectivity index (χ0) is 21.3. The number of fused-ring (bicyclic) bond motifs is 1. The van der Waals surface area contributed by atoms with E-state index in [0.717, 1.165) is 43.3 Å². The molecule has 6 nitrogen and oxygen atoms in total. The SMILES string of the molecule is CC1CC(C)CN(C(=O)C(=O)c2cn(CC(=O)N3CCCCC3)c3ccccc23)C1. The third-order valence-corrected chi connectivity index (χ3v) is 6.40. The number of benzene rings is 1. The lowest BCUT2D eigenvalue weighted by Crippen LogP contribution is -2.45. The van der Waals surface area contributed by atoms with Crippen molar-refractivity contribution in [1.29, 1.82) is 0 Å². The van der Waals surface area contributed by atoms with Crippen LogP contribution in [0.15, 0.2) is 30.5 Å². The van der Waals surface area contributed by atoms with E-state index in [4.69, 9.17) is 0 Å². The van der Waals surface area contributed by atoms with E-state index in [-0.39, 0.29) is 12.5 Å². The molecule has 160 valence electrons. The van der Waals surface area contributed by atoms with Gasteiger partial charge in [-0.1, -0.05) is 32.0 Å². The maximum atomic E-state index is 13.2. The van der Waals surface area contributed by atoms with Gasteiger partial charge in [-0.2, -0.15) is 0 Å². The van der Waals surface area contributed by atoms with Crippen LogP contribution in [-0.2, 0) is 16.1 Å². The van der Waals surface area contributed by atoms with E-state index in [2.05, 4.69) is 13.8 Å². The van der Waals surface area contributed by atoms with Gasteiger partial charge in [-0.15, -0.1) is 0 Å².